The highest BCUT2D eigenvalue weighted by molar-refractivity contribution is 8.00. The van der Waals surface area contributed by atoms with E-state index in [1.807, 2.05) is 12.3 Å². The van der Waals surface area contributed by atoms with Crippen molar-refractivity contribution in [1.29, 1.82) is 0 Å². The lowest BCUT2D eigenvalue weighted by Gasteiger charge is -2.21. The molecule has 1 aromatic rings. The molecule has 19 heavy (non-hydrogen) atoms. The van der Waals surface area contributed by atoms with Crippen LogP contribution in [0.4, 0.5) is 11.6 Å². The molecule has 2 heterocycles. The van der Waals surface area contributed by atoms with E-state index in [9.17, 15) is 0 Å². The summed E-state index contributed by atoms with van der Waals surface area (Å²) in [5.74, 6) is 3.14. The number of rotatable bonds is 6. The predicted molar refractivity (Wildman–Crippen MR) is 86.6 cm³/mol. The normalized spacial score (nSPS) is 19.2. The van der Waals surface area contributed by atoms with Crippen molar-refractivity contribution in [2.45, 2.75) is 36.6 Å². The minimum absolute atomic E-state index is 0.726. The molecule has 1 fully saturated rings. The number of aromatic nitrogens is 2. The van der Waals surface area contributed by atoms with Crippen molar-refractivity contribution in [1.82, 2.24) is 9.97 Å². The van der Waals surface area contributed by atoms with Gasteiger partial charge in [0, 0.05) is 24.4 Å². The van der Waals surface area contributed by atoms with Gasteiger partial charge >= 0.3 is 0 Å². The molecule has 2 rings (SSSR count). The lowest BCUT2D eigenvalue weighted by atomic mass is 10.2. The van der Waals surface area contributed by atoms with Crippen molar-refractivity contribution >= 4 is 35.2 Å². The number of anilines is 2. The maximum atomic E-state index is 4.51. The molecule has 1 saturated heterocycles. The second-order valence-electron chi connectivity index (χ2n) is 4.52. The Morgan fingerprint density at radius 2 is 2.11 bits per heavy atom. The summed E-state index contributed by atoms with van der Waals surface area (Å²) in [4.78, 5) is 8.94. The van der Waals surface area contributed by atoms with Gasteiger partial charge in [0.1, 0.15) is 11.6 Å². The summed E-state index contributed by atoms with van der Waals surface area (Å²) < 4.78 is 0. The Morgan fingerprint density at radius 1 is 1.32 bits per heavy atom. The van der Waals surface area contributed by atoms with Crippen LogP contribution in [0.1, 0.15) is 26.2 Å². The van der Waals surface area contributed by atoms with E-state index in [2.05, 4.69) is 39.3 Å². The van der Waals surface area contributed by atoms with Gasteiger partial charge in [0.15, 0.2) is 5.16 Å². The van der Waals surface area contributed by atoms with E-state index in [4.69, 9.17) is 0 Å². The van der Waals surface area contributed by atoms with Gasteiger partial charge in [-0.25, -0.2) is 9.97 Å². The Kier molecular flexibility index (Phi) is 6.10. The Morgan fingerprint density at radius 3 is 2.74 bits per heavy atom. The van der Waals surface area contributed by atoms with E-state index in [0.717, 1.165) is 35.1 Å². The molecular weight excluding hydrogens is 276 g/mol. The SMILES string of the molecule is CCNc1cc(NCC2CCCCS2)nc(SC)n1. The molecule has 0 aromatic carbocycles. The molecular formula is C13H22N4S2. The fourth-order valence-electron chi connectivity index (χ4n) is 2.07. The molecule has 0 saturated carbocycles. The Balaban J connectivity index is 1.95. The van der Waals surface area contributed by atoms with Crippen LogP contribution in [-0.2, 0) is 0 Å². The van der Waals surface area contributed by atoms with Crippen LogP contribution in [0.2, 0.25) is 0 Å². The Bertz CT molecular complexity index is 394. The Labute approximate surface area is 123 Å². The molecule has 1 aromatic heterocycles. The van der Waals surface area contributed by atoms with Crippen molar-refractivity contribution < 1.29 is 0 Å². The molecule has 0 amide bonds. The van der Waals surface area contributed by atoms with Crippen LogP contribution in [0.25, 0.3) is 0 Å². The molecule has 0 bridgehead atoms. The topological polar surface area (TPSA) is 49.8 Å². The molecule has 2 N–H and O–H groups in total. The van der Waals surface area contributed by atoms with E-state index in [-0.39, 0.29) is 0 Å². The molecule has 1 aliphatic rings. The second kappa shape index (κ2) is 7.85. The van der Waals surface area contributed by atoms with E-state index >= 15 is 0 Å². The fourth-order valence-corrected chi connectivity index (χ4v) is 3.68. The average Bonchev–Trinajstić information content (AvgIpc) is 2.46. The molecule has 106 valence electrons. The van der Waals surface area contributed by atoms with Crippen LogP contribution in [0, 0.1) is 0 Å². The van der Waals surface area contributed by atoms with Gasteiger partial charge in [-0.2, -0.15) is 11.8 Å². The van der Waals surface area contributed by atoms with Crippen molar-refractivity contribution in [3.63, 3.8) is 0 Å². The lowest BCUT2D eigenvalue weighted by molar-refractivity contribution is 0.676. The van der Waals surface area contributed by atoms with E-state index in [1.165, 1.54) is 25.0 Å². The molecule has 0 aliphatic carbocycles. The van der Waals surface area contributed by atoms with Gasteiger partial charge in [-0.05, 0) is 31.8 Å². The number of hydrogen-bond acceptors (Lipinski definition) is 6. The minimum Gasteiger partial charge on any atom is -0.370 e. The first-order valence-corrected chi connectivity index (χ1v) is 9.11. The van der Waals surface area contributed by atoms with Crippen LogP contribution in [0.5, 0.6) is 0 Å². The molecule has 6 heteroatoms. The maximum absolute atomic E-state index is 4.51. The summed E-state index contributed by atoms with van der Waals surface area (Å²) in [6, 6.07) is 2.00. The largest absolute Gasteiger partial charge is 0.370 e. The van der Waals surface area contributed by atoms with Gasteiger partial charge in [0.25, 0.3) is 0 Å². The highest BCUT2D eigenvalue weighted by Crippen LogP contribution is 2.25. The highest BCUT2D eigenvalue weighted by Gasteiger charge is 2.14. The van der Waals surface area contributed by atoms with Crippen LogP contribution >= 0.6 is 23.5 Å². The third kappa shape index (κ3) is 4.76. The van der Waals surface area contributed by atoms with E-state index < -0.39 is 0 Å². The van der Waals surface area contributed by atoms with Gasteiger partial charge in [0.2, 0.25) is 0 Å². The van der Waals surface area contributed by atoms with Gasteiger partial charge in [-0.3, -0.25) is 0 Å². The van der Waals surface area contributed by atoms with Gasteiger partial charge in [-0.15, -0.1) is 0 Å². The number of thioether (sulfide) groups is 2. The third-order valence-corrected chi connectivity index (χ3v) is 4.98. The van der Waals surface area contributed by atoms with Crippen molar-refractivity contribution in [2.24, 2.45) is 0 Å². The first-order valence-electron chi connectivity index (χ1n) is 6.84. The van der Waals surface area contributed by atoms with Crippen molar-refractivity contribution in [3.8, 4) is 0 Å². The van der Waals surface area contributed by atoms with Crippen molar-refractivity contribution in [2.75, 3.05) is 35.7 Å². The molecule has 1 unspecified atom stereocenters. The van der Waals surface area contributed by atoms with Crippen LogP contribution < -0.4 is 10.6 Å². The van der Waals surface area contributed by atoms with Crippen LogP contribution in [-0.4, -0.2) is 40.3 Å². The number of hydrogen-bond donors (Lipinski definition) is 2. The number of nitrogens with zero attached hydrogens (tertiary/aromatic N) is 2. The zero-order chi connectivity index (χ0) is 13.5. The molecule has 4 nitrogen and oxygen atoms in total. The first-order chi connectivity index (χ1) is 9.31. The van der Waals surface area contributed by atoms with Crippen LogP contribution in [0.3, 0.4) is 0 Å². The van der Waals surface area contributed by atoms with Gasteiger partial charge in [-0.1, -0.05) is 18.2 Å². The third-order valence-electron chi connectivity index (χ3n) is 3.03. The fraction of sp³-hybridized carbons (Fsp3) is 0.692. The second-order valence-corrected chi connectivity index (χ2v) is 6.71. The molecule has 1 aliphatic heterocycles. The van der Waals surface area contributed by atoms with Gasteiger partial charge < -0.3 is 10.6 Å². The quantitative estimate of drug-likeness (QED) is 0.620. The smallest absolute Gasteiger partial charge is 0.191 e. The first kappa shape index (κ1) is 14.8. The summed E-state index contributed by atoms with van der Waals surface area (Å²) in [6.07, 6.45) is 6.06. The van der Waals surface area contributed by atoms with E-state index in [0.29, 0.717) is 0 Å². The summed E-state index contributed by atoms with van der Waals surface area (Å²) in [5, 5.41) is 8.26. The Hall–Kier alpha value is -0.620. The maximum Gasteiger partial charge on any atom is 0.191 e. The zero-order valence-electron chi connectivity index (χ0n) is 11.6. The summed E-state index contributed by atoms with van der Waals surface area (Å²) in [5.41, 5.74) is 0. The predicted octanol–water partition coefficient (Wildman–Crippen LogP) is 3.33. The summed E-state index contributed by atoms with van der Waals surface area (Å²) in [7, 11) is 0. The molecule has 1 atom stereocenters. The monoisotopic (exact) mass is 298 g/mol. The zero-order valence-corrected chi connectivity index (χ0v) is 13.2. The van der Waals surface area contributed by atoms with Crippen molar-refractivity contribution in [3.05, 3.63) is 6.07 Å². The highest BCUT2D eigenvalue weighted by atomic mass is 32.2. The molecule has 0 radical (unpaired) electrons. The van der Waals surface area contributed by atoms with Gasteiger partial charge in [0.05, 0.1) is 0 Å². The minimum atomic E-state index is 0.726. The summed E-state index contributed by atoms with van der Waals surface area (Å²) >= 11 is 3.66. The standard InChI is InChI=1S/C13H22N4S2/c1-3-14-11-8-12(17-13(16-11)18-2)15-9-10-6-4-5-7-19-10/h8,10H,3-7,9H2,1-2H3,(H2,14,15,16,17). The van der Waals surface area contributed by atoms with Crippen LogP contribution in [0.15, 0.2) is 11.2 Å². The average molecular weight is 298 g/mol. The lowest BCUT2D eigenvalue weighted by Crippen LogP contribution is -2.20. The number of nitrogens with one attached hydrogen (secondary N) is 2. The summed E-state index contributed by atoms with van der Waals surface area (Å²) in [6.45, 7) is 3.95. The molecule has 0 spiro atoms. The van der Waals surface area contributed by atoms with E-state index in [1.54, 1.807) is 11.8 Å².